The number of unbranched alkanes of at least 4 members (excludes halogenated alkanes) is 2. The van der Waals surface area contributed by atoms with Crippen LogP contribution in [0.5, 0.6) is 0 Å². The van der Waals surface area contributed by atoms with Crippen LogP contribution in [0.1, 0.15) is 64.4 Å². The van der Waals surface area contributed by atoms with E-state index in [2.05, 4.69) is 10.0 Å². The minimum absolute atomic E-state index is 0.0246. The zero-order valence-electron chi connectivity index (χ0n) is 19.2. The Labute approximate surface area is 194 Å². The van der Waals surface area contributed by atoms with Crippen molar-refractivity contribution in [1.82, 2.24) is 10.0 Å². The summed E-state index contributed by atoms with van der Waals surface area (Å²) in [6.07, 6.45) is 4.50. The first-order chi connectivity index (χ1) is 15.7. The van der Waals surface area contributed by atoms with Gasteiger partial charge in [0.25, 0.3) is 5.69 Å². The number of sulfonamides is 1. The van der Waals surface area contributed by atoms with Crippen molar-refractivity contribution in [3.05, 3.63) is 61.8 Å². The Hall–Kier alpha value is -2.72. The Bertz CT molecular complexity index is 1090. The summed E-state index contributed by atoms with van der Waals surface area (Å²) in [5.74, 6) is -1.31. The summed E-state index contributed by atoms with van der Waals surface area (Å²) >= 11 is 0. The van der Waals surface area contributed by atoms with E-state index in [4.69, 9.17) is 4.74 Å². The van der Waals surface area contributed by atoms with Crippen LogP contribution < -0.4 is 10.0 Å². The molecule has 0 radical (unpaired) electrons. The molecule has 9 nitrogen and oxygen atoms in total. The second-order valence-corrected chi connectivity index (χ2v) is 10.3. The van der Waals surface area contributed by atoms with Crippen molar-refractivity contribution < 1.29 is 22.9 Å². The number of esters is 1. The molecule has 1 aromatic carbocycles. The van der Waals surface area contributed by atoms with E-state index in [1.807, 2.05) is 6.92 Å². The molecule has 0 saturated heterocycles. The number of nitrogens with zero attached hydrogens (tertiary/aromatic N) is 1. The quantitative estimate of drug-likeness (QED) is 0.214. The first-order valence-corrected chi connectivity index (χ1v) is 12.7. The Morgan fingerprint density at radius 2 is 1.97 bits per heavy atom. The van der Waals surface area contributed by atoms with Gasteiger partial charge in [-0.3, -0.25) is 10.1 Å². The molecule has 2 aliphatic rings. The molecule has 1 aliphatic carbocycles. The number of non-ortho nitro benzene ring substituents is 1. The zero-order valence-corrected chi connectivity index (χ0v) is 20.0. The number of allylic oxidation sites excluding steroid dienone is 3. The van der Waals surface area contributed by atoms with Crippen LogP contribution in [-0.4, -0.2) is 32.5 Å². The number of ether oxygens (including phenoxy) is 1. The highest BCUT2D eigenvalue weighted by atomic mass is 32.2. The van der Waals surface area contributed by atoms with Gasteiger partial charge in [-0.1, -0.05) is 31.9 Å². The van der Waals surface area contributed by atoms with E-state index < -0.39 is 26.8 Å². The minimum Gasteiger partial charge on any atom is -0.462 e. The first-order valence-electron chi connectivity index (χ1n) is 11.3. The Balaban J connectivity index is 2.05. The van der Waals surface area contributed by atoms with Gasteiger partial charge >= 0.3 is 5.97 Å². The molecule has 1 saturated carbocycles. The van der Waals surface area contributed by atoms with Crippen molar-refractivity contribution in [2.24, 2.45) is 5.92 Å². The fraction of sp³-hybridized carbons (Fsp3) is 0.522. The van der Waals surface area contributed by atoms with Gasteiger partial charge < -0.3 is 10.1 Å². The largest absolute Gasteiger partial charge is 0.462 e. The molecular weight excluding hydrogens is 446 g/mol. The lowest BCUT2D eigenvalue weighted by atomic mass is 9.86. The molecule has 0 aromatic heterocycles. The standard InChI is InChI=1S/C23H31N3O6S/c1-4-5-6-12-24-33(30,31)22-16(3)25-15(2)20(23(27)32-14-17-10-11-17)21(22)18-8-7-9-19(13-18)26(28)29/h7-9,13,17,21,24-25H,4-6,10-12,14H2,1-3H3. The summed E-state index contributed by atoms with van der Waals surface area (Å²) in [7, 11) is -4.00. The molecule has 0 bridgehead atoms. The van der Waals surface area contributed by atoms with Gasteiger partial charge in [-0.05, 0) is 44.6 Å². The predicted octanol–water partition coefficient (Wildman–Crippen LogP) is 3.85. The highest BCUT2D eigenvalue weighted by Gasteiger charge is 2.40. The third kappa shape index (κ3) is 6.00. The molecule has 1 aliphatic heterocycles. The molecule has 3 rings (SSSR count). The van der Waals surface area contributed by atoms with E-state index in [1.54, 1.807) is 19.9 Å². The maximum atomic E-state index is 13.4. The third-order valence-corrected chi connectivity index (χ3v) is 7.55. The summed E-state index contributed by atoms with van der Waals surface area (Å²) in [5.41, 5.74) is 1.15. The van der Waals surface area contributed by atoms with Crippen molar-refractivity contribution in [3.63, 3.8) is 0 Å². The Morgan fingerprint density at radius 3 is 2.61 bits per heavy atom. The molecule has 2 N–H and O–H groups in total. The van der Waals surface area contributed by atoms with Crippen molar-refractivity contribution >= 4 is 21.7 Å². The van der Waals surface area contributed by atoms with Gasteiger partial charge in [-0.25, -0.2) is 17.9 Å². The number of rotatable bonds is 11. The average Bonchev–Trinajstić information content (AvgIpc) is 3.59. The molecule has 1 fully saturated rings. The normalized spacial score (nSPS) is 18.8. The fourth-order valence-electron chi connectivity index (χ4n) is 3.95. The van der Waals surface area contributed by atoms with Crippen molar-refractivity contribution in [2.45, 2.75) is 58.8 Å². The molecule has 33 heavy (non-hydrogen) atoms. The first kappa shape index (κ1) is 24.9. The topological polar surface area (TPSA) is 128 Å². The summed E-state index contributed by atoms with van der Waals surface area (Å²) in [6, 6.07) is 5.74. The fourth-order valence-corrected chi connectivity index (χ4v) is 5.54. The van der Waals surface area contributed by atoms with Gasteiger partial charge in [0.05, 0.1) is 27.9 Å². The summed E-state index contributed by atoms with van der Waals surface area (Å²) < 4.78 is 34.9. The Morgan fingerprint density at radius 1 is 1.24 bits per heavy atom. The van der Waals surface area contributed by atoms with E-state index in [9.17, 15) is 23.3 Å². The van der Waals surface area contributed by atoms with Gasteiger partial charge in [-0.2, -0.15) is 0 Å². The second kappa shape index (κ2) is 10.5. The lowest BCUT2D eigenvalue weighted by Gasteiger charge is -2.31. The molecule has 1 unspecified atom stereocenters. The minimum atomic E-state index is -4.00. The molecular formula is C23H31N3O6S. The van der Waals surface area contributed by atoms with E-state index in [0.717, 1.165) is 25.7 Å². The van der Waals surface area contributed by atoms with Gasteiger partial charge in [-0.15, -0.1) is 0 Å². The number of benzene rings is 1. The molecule has 0 amide bonds. The van der Waals surface area contributed by atoms with Gasteiger partial charge in [0.1, 0.15) is 0 Å². The van der Waals surface area contributed by atoms with E-state index in [0.29, 0.717) is 29.3 Å². The SMILES string of the molecule is CCCCCNS(=O)(=O)C1=C(C)NC(C)=C(C(=O)OCC2CC2)C1c1cccc([N+](=O)[O-])c1. The highest BCUT2D eigenvalue weighted by molar-refractivity contribution is 7.93. The smallest absolute Gasteiger partial charge is 0.336 e. The Kier molecular flexibility index (Phi) is 7.91. The number of carbonyl (C=O) groups excluding carboxylic acids is 1. The molecule has 1 heterocycles. The second-order valence-electron chi connectivity index (χ2n) is 8.58. The van der Waals surface area contributed by atoms with Crippen LogP contribution in [0, 0.1) is 16.0 Å². The zero-order chi connectivity index (χ0) is 24.2. The number of nitrogens with one attached hydrogen (secondary N) is 2. The number of carbonyl (C=O) groups is 1. The highest BCUT2D eigenvalue weighted by Crippen LogP contribution is 2.42. The van der Waals surface area contributed by atoms with E-state index in [1.165, 1.54) is 18.2 Å². The number of dihydropyridines is 1. The van der Waals surface area contributed by atoms with Crippen LogP contribution in [-0.2, 0) is 19.6 Å². The molecule has 1 atom stereocenters. The van der Waals surface area contributed by atoms with Crippen LogP contribution in [0.2, 0.25) is 0 Å². The monoisotopic (exact) mass is 477 g/mol. The van der Waals surface area contributed by atoms with Crippen LogP contribution in [0.4, 0.5) is 5.69 Å². The maximum absolute atomic E-state index is 13.4. The number of nitro benzene ring substituents is 1. The van der Waals surface area contributed by atoms with Gasteiger partial charge in [0.2, 0.25) is 10.0 Å². The van der Waals surface area contributed by atoms with Gasteiger partial charge in [0.15, 0.2) is 0 Å². The molecule has 10 heteroatoms. The average molecular weight is 478 g/mol. The van der Waals surface area contributed by atoms with Crippen LogP contribution >= 0.6 is 0 Å². The summed E-state index contributed by atoms with van der Waals surface area (Å²) in [6.45, 7) is 5.87. The van der Waals surface area contributed by atoms with Crippen LogP contribution in [0.3, 0.4) is 0 Å². The van der Waals surface area contributed by atoms with Gasteiger partial charge in [0, 0.05) is 30.1 Å². The van der Waals surface area contributed by atoms with Crippen molar-refractivity contribution in [1.29, 1.82) is 0 Å². The third-order valence-electron chi connectivity index (χ3n) is 5.84. The summed E-state index contributed by atoms with van der Waals surface area (Å²) in [4.78, 5) is 24.0. The lowest BCUT2D eigenvalue weighted by Crippen LogP contribution is -2.36. The molecule has 180 valence electrons. The molecule has 1 aromatic rings. The predicted molar refractivity (Wildman–Crippen MR) is 125 cm³/mol. The van der Waals surface area contributed by atoms with Crippen molar-refractivity contribution in [2.75, 3.05) is 13.2 Å². The van der Waals surface area contributed by atoms with E-state index in [-0.39, 0.29) is 29.3 Å². The number of nitro groups is 1. The van der Waals surface area contributed by atoms with Crippen molar-refractivity contribution in [3.8, 4) is 0 Å². The van der Waals surface area contributed by atoms with Crippen LogP contribution in [0.25, 0.3) is 0 Å². The summed E-state index contributed by atoms with van der Waals surface area (Å²) in [5, 5.41) is 14.4. The number of hydrogen-bond donors (Lipinski definition) is 2. The number of hydrogen-bond acceptors (Lipinski definition) is 7. The maximum Gasteiger partial charge on any atom is 0.336 e. The lowest BCUT2D eigenvalue weighted by molar-refractivity contribution is -0.384. The van der Waals surface area contributed by atoms with E-state index >= 15 is 0 Å². The van der Waals surface area contributed by atoms with Crippen LogP contribution in [0.15, 0.2) is 46.1 Å². The molecule has 0 spiro atoms.